The monoisotopic (exact) mass is 2070 g/mol. The summed E-state index contributed by atoms with van der Waals surface area (Å²) >= 11 is 0. The molecule has 0 saturated heterocycles. The Bertz CT molecular complexity index is 3480. The van der Waals surface area contributed by atoms with E-state index in [2.05, 4.69) is 79.8 Å². The van der Waals surface area contributed by atoms with Gasteiger partial charge < -0.3 is 177 Å². The average molecular weight is 2070 g/mol. The third kappa shape index (κ3) is 62.8. The molecule has 15 amide bonds. The number of nitrogens with two attached hydrogens (primary N) is 17. The van der Waals surface area contributed by atoms with E-state index in [0.717, 1.165) is 0 Å². The van der Waals surface area contributed by atoms with Crippen molar-refractivity contribution in [2.45, 2.75) is 412 Å². The zero-order valence-corrected chi connectivity index (χ0v) is 87.3. The average Bonchev–Trinajstić information content (AvgIpc) is 0.855. The van der Waals surface area contributed by atoms with E-state index in [1.807, 2.05) is 0 Å². The molecule has 0 aliphatic carbocycles. The van der Waals surface area contributed by atoms with Gasteiger partial charge in [0.25, 0.3) is 0 Å². The van der Waals surface area contributed by atoms with Crippen LogP contribution in [0.2, 0.25) is 0 Å². The Morgan fingerprint density at radius 2 is 0.214 bits per heavy atom. The number of rotatable bonds is 95. The van der Waals surface area contributed by atoms with Crippen molar-refractivity contribution in [3.05, 3.63) is 0 Å². The lowest BCUT2D eigenvalue weighted by Crippen LogP contribution is -2.61. The van der Waals surface area contributed by atoms with Crippen LogP contribution in [0.1, 0.15) is 315 Å². The van der Waals surface area contributed by atoms with Gasteiger partial charge in [-0.05, 0) is 413 Å². The van der Waals surface area contributed by atoms with Gasteiger partial charge in [-0.25, -0.2) is 0 Å². The van der Waals surface area contributed by atoms with Crippen LogP contribution in [-0.4, -0.2) is 296 Å². The highest BCUT2D eigenvalue weighted by atomic mass is 16.2. The van der Waals surface area contributed by atoms with Crippen LogP contribution >= 0.6 is 0 Å². The number of carbonyl (C=O) groups excluding carboxylic acids is 16. The fraction of sp³-hybridized carbons (Fsp3) is 0.835. The van der Waals surface area contributed by atoms with Gasteiger partial charge in [0.15, 0.2) is 5.78 Å². The largest absolute Gasteiger partial charge is 0.345 e. The molecule has 0 heterocycles. The standard InChI is InChI=1S/C97H196N32O16/c1-66(130)68(35-3-19-51-99)115-84(132)70(37-5-21-53-101)117-86(134)72(39-7-23-55-103)119-88(136)74(41-9-25-57-105)121-90(138)76(43-11-27-59-107)123-92(140)78(45-13-29-61-109)125-94(142)80(47-15-31-63-111)127-96(144)82(49-17-33-65-113)129-97(145)81(48-16-32-64-112)128-95(143)79(46-14-30-62-110)126-93(141)77(44-12-28-60-108)124-91(139)75(42-10-26-58-106)122-89(137)73(40-8-24-56-104)120-87(135)71(38-6-22-54-102)118-85(133)69(36-4-20-52-100)116-83(131)67(114)34-2-18-50-98/h67-82H,2-65,98-114H2,1H3,(H,115,132)(H,116,131)(H,117,134)(H,118,133)(H,119,136)(H,120,135)(H,121,138)(H,122,137)(H,123,140)(H,124,139)(H,125,142)(H,126,141)(H,127,144)(H,128,143)(H,129,145)/t67-,68+,69-,70+,71+,72+,73-,74+,75+,76-,77+,78-,79-,80-,81-,82+/m0/s1. The first-order valence-electron chi connectivity index (χ1n) is 53.9. The summed E-state index contributed by atoms with van der Waals surface area (Å²) in [5.41, 5.74) is 101. The predicted octanol–water partition coefficient (Wildman–Crippen LogP) is -5.76. The van der Waals surface area contributed by atoms with Gasteiger partial charge in [0, 0.05) is 0 Å². The summed E-state index contributed by atoms with van der Waals surface area (Å²) in [6, 6.07) is -20.2. The molecule has 0 aliphatic rings. The summed E-state index contributed by atoms with van der Waals surface area (Å²) in [7, 11) is 0. The van der Waals surface area contributed by atoms with Gasteiger partial charge in [-0.3, -0.25) is 76.7 Å². The minimum atomic E-state index is -1.40. The van der Waals surface area contributed by atoms with Crippen LogP contribution in [0.15, 0.2) is 0 Å². The Hall–Kier alpha value is -8.96. The molecule has 0 radical (unpaired) electrons. The van der Waals surface area contributed by atoms with Crippen molar-refractivity contribution in [1.82, 2.24) is 79.8 Å². The molecule has 840 valence electrons. The molecule has 145 heavy (non-hydrogen) atoms. The van der Waals surface area contributed by atoms with Crippen LogP contribution in [0.25, 0.3) is 0 Å². The maximum absolute atomic E-state index is 15.1. The lowest BCUT2D eigenvalue weighted by atomic mass is 10.0. The van der Waals surface area contributed by atoms with Crippen molar-refractivity contribution in [2.24, 2.45) is 97.5 Å². The Morgan fingerprint density at radius 1 is 0.131 bits per heavy atom. The molecule has 0 aromatic carbocycles. The van der Waals surface area contributed by atoms with Crippen molar-refractivity contribution in [3.8, 4) is 0 Å². The van der Waals surface area contributed by atoms with Gasteiger partial charge in [-0.15, -0.1) is 0 Å². The van der Waals surface area contributed by atoms with E-state index in [1.165, 1.54) is 6.92 Å². The first-order valence-corrected chi connectivity index (χ1v) is 53.9. The first-order chi connectivity index (χ1) is 69.8. The number of Topliss-reactive ketones (excluding diaryl/α,β-unsaturated/α-hetero) is 1. The Kier molecular flexibility index (Phi) is 82.6. The van der Waals surface area contributed by atoms with Crippen LogP contribution in [0.5, 0.6) is 0 Å². The summed E-state index contributed by atoms with van der Waals surface area (Å²) in [5, 5.41) is 42.1. The smallest absolute Gasteiger partial charge is 0.243 e. The molecule has 0 fully saturated rings. The summed E-state index contributed by atoms with van der Waals surface area (Å²) in [4.78, 5) is 233. The molecule has 48 heteroatoms. The van der Waals surface area contributed by atoms with Gasteiger partial charge in [-0.2, -0.15) is 0 Å². The van der Waals surface area contributed by atoms with Gasteiger partial charge in [0.2, 0.25) is 88.6 Å². The highest BCUT2D eigenvalue weighted by molar-refractivity contribution is 6.01. The second kappa shape index (κ2) is 88.0. The number of unbranched alkanes of at least 4 members (excludes halogenated alkanes) is 16. The van der Waals surface area contributed by atoms with E-state index < -0.39 is 185 Å². The number of hydrogen-bond acceptors (Lipinski definition) is 33. The van der Waals surface area contributed by atoms with Gasteiger partial charge in [0.05, 0.1) is 12.1 Å². The van der Waals surface area contributed by atoms with Crippen LogP contribution in [-0.2, 0) is 76.7 Å². The lowest BCUT2D eigenvalue weighted by molar-refractivity contribution is -0.136. The van der Waals surface area contributed by atoms with Crippen LogP contribution in [0.3, 0.4) is 0 Å². The van der Waals surface area contributed by atoms with Gasteiger partial charge >= 0.3 is 0 Å². The summed E-state index contributed by atoms with van der Waals surface area (Å²) in [6.45, 7) is 5.38. The quantitative estimate of drug-likeness (QED) is 0.0252. The fourth-order valence-electron chi connectivity index (χ4n) is 16.3. The molecule has 16 atom stereocenters. The third-order valence-electron chi connectivity index (χ3n) is 25.2. The van der Waals surface area contributed by atoms with Crippen LogP contribution in [0.4, 0.5) is 0 Å². The van der Waals surface area contributed by atoms with Crippen molar-refractivity contribution < 1.29 is 76.7 Å². The van der Waals surface area contributed by atoms with E-state index >= 15 is 24.0 Å². The molecule has 0 aromatic heterocycles. The first kappa shape index (κ1) is 136. The number of nitrogens with one attached hydrogen (secondary N) is 15. The van der Waals surface area contributed by atoms with E-state index in [-0.39, 0.29) is 200 Å². The number of carbonyl (C=O) groups is 16. The molecular weight excluding hydrogens is 1870 g/mol. The van der Waals surface area contributed by atoms with Gasteiger partial charge in [0.1, 0.15) is 84.6 Å². The molecule has 0 unspecified atom stereocenters. The second-order valence-electron chi connectivity index (χ2n) is 37.7. The molecule has 0 aromatic rings. The van der Waals surface area contributed by atoms with Crippen molar-refractivity contribution in [3.63, 3.8) is 0 Å². The Balaban J connectivity index is 7.79. The Morgan fingerprint density at radius 3 is 0.310 bits per heavy atom. The molecule has 48 nitrogen and oxygen atoms in total. The summed E-state index contributed by atoms with van der Waals surface area (Å²) in [5.74, 6) is -11.7. The summed E-state index contributed by atoms with van der Waals surface area (Å²) < 4.78 is 0. The second-order valence-corrected chi connectivity index (χ2v) is 37.7. The maximum atomic E-state index is 15.1. The number of hydrogen-bond donors (Lipinski definition) is 32. The van der Waals surface area contributed by atoms with E-state index in [9.17, 15) is 52.7 Å². The number of ketones is 1. The molecule has 0 bridgehead atoms. The van der Waals surface area contributed by atoms with Crippen LogP contribution < -0.4 is 177 Å². The topological polar surface area (TPSA) is 896 Å². The minimum absolute atomic E-state index is 0.000601. The molecule has 0 aliphatic heterocycles. The normalized spacial score (nSPS) is 14.7. The molecular formula is C97H196N32O16. The minimum Gasteiger partial charge on any atom is -0.345 e. The van der Waals surface area contributed by atoms with Gasteiger partial charge in [-0.1, -0.05) is 6.42 Å². The highest BCUT2D eigenvalue weighted by Gasteiger charge is 2.40. The van der Waals surface area contributed by atoms with Crippen molar-refractivity contribution in [1.29, 1.82) is 0 Å². The molecule has 0 rings (SSSR count). The highest BCUT2D eigenvalue weighted by Crippen LogP contribution is 2.19. The van der Waals surface area contributed by atoms with E-state index in [1.54, 1.807) is 0 Å². The zero-order valence-electron chi connectivity index (χ0n) is 87.3. The SMILES string of the molecule is CC(=O)[C@@H](CCCCN)NC(=O)[C@@H](CCCCN)NC(=O)[C@@H](CCCCN)NC(=O)[C@@H](CCCCN)NC(=O)[C@H](CCCCN)NC(=O)[C@H](CCCCN)NC(=O)[C@H](CCCCN)NC(=O)[C@@H](CCCCN)NC(=O)[C@H](CCCCN)NC(=O)[C@H](CCCCN)NC(=O)[C@@H](CCCCN)NC(=O)[C@@H](CCCCN)NC(=O)[C@H](CCCCN)NC(=O)[C@@H](CCCCN)NC(=O)[C@H](CCCCN)NC(=O)[C@@H](N)CCCCN. The number of amides is 15. The van der Waals surface area contributed by atoms with Crippen molar-refractivity contribution >= 4 is 94.4 Å². The fourth-order valence-corrected chi connectivity index (χ4v) is 16.3. The van der Waals surface area contributed by atoms with Crippen LogP contribution in [0, 0.1) is 0 Å². The summed E-state index contributed by atoms with van der Waals surface area (Å²) in [6.07, 6.45) is 14.1. The zero-order chi connectivity index (χ0) is 108. The van der Waals surface area contributed by atoms with E-state index in [4.69, 9.17) is 97.5 Å². The molecule has 49 N–H and O–H groups in total. The lowest BCUT2D eigenvalue weighted by Gasteiger charge is -2.29. The third-order valence-corrected chi connectivity index (χ3v) is 25.2. The van der Waals surface area contributed by atoms with Crippen molar-refractivity contribution in [2.75, 3.05) is 105 Å². The maximum Gasteiger partial charge on any atom is 0.243 e. The molecule has 0 saturated carbocycles. The molecule has 0 spiro atoms. The predicted molar refractivity (Wildman–Crippen MR) is 564 cm³/mol. The Labute approximate surface area is 860 Å². The van der Waals surface area contributed by atoms with E-state index in [0.29, 0.717) is 219 Å².